The number of hydrogen-bond acceptors (Lipinski definition) is 5. The molecule has 0 aromatic carbocycles. The van der Waals surface area contributed by atoms with Gasteiger partial charge in [-0.3, -0.25) is 9.78 Å². The largest absolute Gasteiger partial charge is 0.436 e. The van der Waals surface area contributed by atoms with E-state index in [-0.39, 0.29) is 28.4 Å². The molecule has 1 spiro atoms. The van der Waals surface area contributed by atoms with Gasteiger partial charge in [-0.15, -0.1) is 0 Å². The van der Waals surface area contributed by atoms with Gasteiger partial charge in [-0.05, 0) is 54.7 Å². The highest BCUT2D eigenvalue weighted by atomic mass is 16.4. The van der Waals surface area contributed by atoms with Crippen LogP contribution in [0.25, 0.3) is 0 Å². The van der Waals surface area contributed by atoms with Crippen molar-refractivity contribution in [3.05, 3.63) is 46.9 Å². The van der Waals surface area contributed by atoms with Crippen LogP contribution in [0.1, 0.15) is 58.0 Å². The normalized spacial score (nSPS) is 26.9. The number of nitrogens with one attached hydrogen (secondary N) is 1. The Morgan fingerprint density at radius 1 is 1.27 bits per heavy atom. The van der Waals surface area contributed by atoms with Crippen LogP contribution in [0, 0.1) is 25.2 Å². The first-order valence-electron chi connectivity index (χ1n) is 12.2. The van der Waals surface area contributed by atoms with Crippen molar-refractivity contribution in [2.75, 3.05) is 19.6 Å². The molecule has 4 heterocycles. The lowest BCUT2D eigenvalue weighted by molar-refractivity contribution is 0.0634. The quantitative estimate of drug-likeness (QED) is 0.835. The molecule has 30 heavy (non-hydrogen) atoms. The highest BCUT2D eigenvalue weighted by Gasteiger charge is 2.55. The maximum absolute atomic E-state index is 12.9. The van der Waals surface area contributed by atoms with Crippen molar-refractivity contribution in [2.45, 2.75) is 46.1 Å². The Hall–Kier alpha value is -2.90. The predicted octanol–water partition coefficient (Wildman–Crippen LogP) is 2.65. The van der Waals surface area contributed by atoms with E-state index in [4.69, 9.17) is 9.90 Å². The average molecular weight is 414 g/mol. The standard InChI is InChI=1S/C22H27N5O3/c1-14-19(30-15(2)25-14)20(28)26-7-4-22(5-8-26)9-18(22)11-24-21(29)27-12-16-3-6-23-10-17(16)13-27/h3,6,10,18H,4-5,7-9,11-13H2,1-2H3,(H,24,29)/i12D2,13D2. The van der Waals surface area contributed by atoms with Crippen molar-refractivity contribution in [2.24, 2.45) is 11.3 Å². The summed E-state index contributed by atoms with van der Waals surface area (Å²) >= 11 is 0. The number of oxazole rings is 1. The van der Waals surface area contributed by atoms with E-state index in [1.54, 1.807) is 18.7 Å². The Morgan fingerprint density at radius 3 is 2.73 bits per heavy atom. The molecule has 0 bridgehead atoms. The molecule has 158 valence electrons. The fourth-order valence-corrected chi connectivity index (χ4v) is 4.60. The van der Waals surface area contributed by atoms with Crippen LogP contribution in [-0.2, 0) is 13.0 Å². The average Bonchev–Trinajstić information content (AvgIpc) is 3.28. The second-order valence-corrected chi connectivity index (χ2v) is 8.37. The zero-order valence-corrected chi connectivity index (χ0v) is 17.1. The van der Waals surface area contributed by atoms with Gasteiger partial charge in [0.2, 0.25) is 5.76 Å². The number of pyridine rings is 1. The third-order valence-electron chi connectivity index (χ3n) is 6.49. The molecule has 1 unspecified atom stereocenters. The van der Waals surface area contributed by atoms with E-state index in [0.29, 0.717) is 41.9 Å². The lowest BCUT2D eigenvalue weighted by Gasteiger charge is -2.32. The van der Waals surface area contributed by atoms with Gasteiger partial charge in [-0.2, -0.15) is 0 Å². The molecule has 1 N–H and O–H groups in total. The summed E-state index contributed by atoms with van der Waals surface area (Å²) in [6, 6.07) is 0.629. The van der Waals surface area contributed by atoms with Gasteiger partial charge in [0.1, 0.15) is 0 Å². The number of rotatable bonds is 3. The molecule has 3 aliphatic rings. The first-order chi connectivity index (χ1) is 16.0. The minimum atomic E-state index is -2.30. The Kier molecular flexibility index (Phi) is 3.55. The Morgan fingerprint density at radius 2 is 2.03 bits per heavy atom. The van der Waals surface area contributed by atoms with E-state index in [1.807, 2.05) is 0 Å². The Bertz CT molecular complexity index is 1120. The third-order valence-corrected chi connectivity index (χ3v) is 6.49. The molecule has 2 fully saturated rings. The number of nitrogens with zero attached hydrogens (tertiary/aromatic N) is 4. The number of piperidine rings is 1. The van der Waals surface area contributed by atoms with Crippen LogP contribution >= 0.6 is 0 Å². The van der Waals surface area contributed by atoms with E-state index in [9.17, 15) is 9.59 Å². The number of hydrogen-bond donors (Lipinski definition) is 1. The third kappa shape index (κ3) is 3.34. The summed E-state index contributed by atoms with van der Waals surface area (Å²) in [5.41, 5.74) is 0.813. The fraction of sp³-hybridized carbons (Fsp3) is 0.545. The number of aryl methyl sites for hydroxylation is 2. The minimum Gasteiger partial charge on any atom is -0.436 e. The van der Waals surface area contributed by atoms with Gasteiger partial charge in [0.15, 0.2) is 5.89 Å². The van der Waals surface area contributed by atoms with Gasteiger partial charge < -0.3 is 19.5 Å². The number of carbonyl (C=O) groups is 2. The molecule has 8 heteroatoms. The summed E-state index contributed by atoms with van der Waals surface area (Å²) < 4.78 is 38.9. The topological polar surface area (TPSA) is 91.6 Å². The van der Waals surface area contributed by atoms with Crippen LogP contribution in [0.4, 0.5) is 4.79 Å². The van der Waals surface area contributed by atoms with Crippen molar-refractivity contribution >= 4 is 11.9 Å². The molecular formula is C22H27N5O3. The first-order valence-corrected chi connectivity index (χ1v) is 10.2. The van der Waals surface area contributed by atoms with E-state index in [0.717, 1.165) is 19.3 Å². The summed E-state index contributed by atoms with van der Waals surface area (Å²) in [7, 11) is 0. The number of aromatic nitrogens is 2. The van der Waals surface area contributed by atoms with Crippen molar-refractivity contribution in [3.8, 4) is 0 Å². The zero-order valence-electron chi connectivity index (χ0n) is 21.1. The predicted molar refractivity (Wildman–Crippen MR) is 109 cm³/mol. The van der Waals surface area contributed by atoms with E-state index >= 15 is 0 Å². The van der Waals surface area contributed by atoms with Crippen molar-refractivity contribution < 1.29 is 19.5 Å². The number of urea groups is 1. The molecule has 2 aliphatic heterocycles. The molecule has 2 aromatic heterocycles. The van der Waals surface area contributed by atoms with E-state index in [1.165, 1.54) is 18.5 Å². The molecule has 3 amide bonds. The summed E-state index contributed by atoms with van der Waals surface area (Å²) in [5.74, 6) is 0.828. The highest BCUT2D eigenvalue weighted by Crippen LogP contribution is 2.59. The molecule has 8 nitrogen and oxygen atoms in total. The lowest BCUT2D eigenvalue weighted by atomic mass is 9.90. The molecule has 1 aliphatic carbocycles. The number of amides is 3. The summed E-state index contributed by atoms with van der Waals surface area (Å²) in [6.45, 7) is 0.424. The molecule has 1 saturated carbocycles. The number of carbonyl (C=O) groups excluding carboxylic acids is 2. The summed E-state index contributed by atoms with van der Waals surface area (Å²) in [5, 5.41) is 2.76. The van der Waals surface area contributed by atoms with Crippen molar-refractivity contribution in [3.63, 3.8) is 0 Å². The van der Waals surface area contributed by atoms with Crippen LogP contribution in [-0.4, -0.2) is 51.3 Å². The minimum absolute atomic E-state index is 0.0480. The van der Waals surface area contributed by atoms with Gasteiger partial charge in [0, 0.05) is 51.9 Å². The second-order valence-electron chi connectivity index (χ2n) is 8.37. The number of fused-ring (bicyclic) bond motifs is 1. The Labute approximate surface area is 181 Å². The van der Waals surface area contributed by atoms with Crippen molar-refractivity contribution in [1.29, 1.82) is 0 Å². The number of likely N-dealkylation sites (tertiary alicyclic amines) is 1. The van der Waals surface area contributed by atoms with Gasteiger partial charge >= 0.3 is 6.03 Å². The summed E-state index contributed by atoms with van der Waals surface area (Å²) in [6.07, 6.45) is 5.21. The molecular weight excluding hydrogens is 382 g/mol. The van der Waals surface area contributed by atoms with Crippen LogP contribution in [0.15, 0.2) is 22.9 Å². The molecule has 1 saturated heterocycles. The van der Waals surface area contributed by atoms with Gasteiger partial charge in [0.05, 0.1) is 11.2 Å². The molecule has 1 atom stereocenters. The fourth-order valence-electron chi connectivity index (χ4n) is 4.60. The van der Waals surface area contributed by atoms with E-state index in [2.05, 4.69) is 15.3 Å². The second kappa shape index (κ2) is 7.11. The van der Waals surface area contributed by atoms with Gasteiger partial charge in [0.25, 0.3) is 5.91 Å². The van der Waals surface area contributed by atoms with E-state index < -0.39 is 19.0 Å². The van der Waals surface area contributed by atoms with Crippen LogP contribution in [0.5, 0.6) is 0 Å². The summed E-state index contributed by atoms with van der Waals surface area (Å²) in [4.78, 5) is 36.2. The Balaban J connectivity index is 1.18. The first kappa shape index (κ1) is 15.0. The smallest absolute Gasteiger partial charge is 0.318 e. The maximum atomic E-state index is 12.9. The zero-order chi connectivity index (χ0) is 24.5. The van der Waals surface area contributed by atoms with Crippen LogP contribution in [0.2, 0.25) is 0 Å². The molecule has 2 aromatic rings. The lowest BCUT2D eigenvalue weighted by Crippen LogP contribution is -2.41. The SMILES string of the molecule is [2H]C1([2H])c2ccncc2C([2H])([2H])N1C(=O)NCC1CC12CCN(C(=O)c1oc(C)nc1C)CC2. The highest BCUT2D eigenvalue weighted by molar-refractivity contribution is 5.92. The maximum Gasteiger partial charge on any atom is 0.318 e. The molecule has 0 radical (unpaired) electrons. The van der Waals surface area contributed by atoms with Crippen LogP contribution in [0.3, 0.4) is 0 Å². The van der Waals surface area contributed by atoms with Crippen LogP contribution < -0.4 is 5.32 Å². The monoisotopic (exact) mass is 413 g/mol. The molecule has 5 rings (SSSR count). The van der Waals surface area contributed by atoms with Gasteiger partial charge in [-0.25, -0.2) is 9.78 Å². The van der Waals surface area contributed by atoms with Crippen molar-refractivity contribution in [1.82, 2.24) is 25.1 Å². The van der Waals surface area contributed by atoms with Gasteiger partial charge in [-0.1, -0.05) is 0 Å².